The molecule has 7 heteroatoms. The second-order valence-electron chi connectivity index (χ2n) is 4.21. The van der Waals surface area contributed by atoms with Crippen LogP contribution in [0.4, 0.5) is 20.6 Å². The molecular formula is C11H13BrFN3O2. The van der Waals surface area contributed by atoms with Gasteiger partial charge in [-0.15, -0.1) is 0 Å². The molecule has 1 aromatic rings. The second kappa shape index (κ2) is 5.01. The van der Waals surface area contributed by atoms with Crippen molar-refractivity contribution < 1.29 is 14.3 Å². The lowest BCUT2D eigenvalue weighted by atomic mass is 10.2. The summed E-state index contributed by atoms with van der Waals surface area (Å²) in [7, 11) is 0. The molecule has 0 aromatic heterocycles. The molecule has 1 fully saturated rings. The maximum Gasteiger partial charge on any atom is 0.407 e. The van der Waals surface area contributed by atoms with Gasteiger partial charge in [-0.2, -0.15) is 0 Å². The normalized spacial score (nSPS) is 19.0. The first-order chi connectivity index (χ1) is 8.47. The van der Waals surface area contributed by atoms with Gasteiger partial charge < -0.3 is 21.1 Å². The first kappa shape index (κ1) is 12.9. The van der Waals surface area contributed by atoms with Crippen LogP contribution in [0.15, 0.2) is 16.6 Å². The van der Waals surface area contributed by atoms with Gasteiger partial charge in [0.25, 0.3) is 0 Å². The first-order valence-electron chi connectivity index (χ1n) is 5.46. The van der Waals surface area contributed by atoms with E-state index in [0.29, 0.717) is 35.4 Å². The fourth-order valence-electron chi connectivity index (χ4n) is 1.96. The number of carbonyl (C=O) groups is 1. The van der Waals surface area contributed by atoms with Crippen molar-refractivity contribution >= 4 is 33.4 Å². The molecule has 5 nitrogen and oxygen atoms in total. The maximum absolute atomic E-state index is 13.2. The molecule has 18 heavy (non-hydrogen) atoms. The van der Waals surface area contributed by atoms with Crippen LogP contribution in [0.2, 0.25) is 0 Å². The van der Waals surface area contributed by atoms with Gasteiger partial charge in [0, 0.05) is 25.2 Å². The van der Waals surface area contributed by atoms with E-state index >= 15 is 0 Å². The van der Waals surface area contributed by atoms with Crippen molar-refractivity contribution in [3.05, 3.63) is 22.4 Å². The van der Waals surface area contributed by atoms with Crippen LogP contribution in [0.5, 0.6) is 0 Å². The van der Waals surface area contributed by atoms with E-state index in [1.165, 1.54) is 11.0 Å². The van der Waals surface area contributed by atoms with Crippen molar-refractivity contribution in [3.63, 3.8) is 0 Å². The smallest absolute Gasteiger partial charge is 0.407 e. The number of nitrogens with two attached hydrogens (primary N) is 1. The van der Waals surface area contributed by atoms with E-state index in [-0.39, 0.29) is 6.04 Å². The van der Waals surface area contributed by atoms with E-state index in [0.717, 1.165) is 0 Å². The zero-order valence-corrected chi connectivity index (χ0v) is 11.1. The number of anilines is 2. The average Bonchev–Trinajstić information content (AvgIpc) is 2.74. The minimum absolute atomic E-state index is 0.000705. The van der Waals surface area contributed by atoms with Crippen LogP contribution < -0.4 is 11.1 Å². The summed E-state index contributed by atoms with van der Waals surface area (Å²) in [4.78, 5) is 12.1. The van der Waals surface area contributed by atoms with Gasteiger partial charge in [-0.25, -0.2) is 9.18 Å². The molecule has 1 aliphatic heterocycles. The van der Waals surface area contributed by atoms with Gasteiger partial charge in [-0.3, -0.25) is 0 Å². The fraction of sp³-hybridized carbons (Fsp3) is 0.364. The molecule has 4 N–H and O–H groups in total. The third-order valence-corrected chi connectivity index (χ3v) is 3.52. The first-order valence-corrected chi connectivity index (χ1v) is 6.25. The Labute approximate surface area is 112 Å². The molecular weight excluding hydrogens is 305 g/mol. The zero-order valence-electron chi connectivity index (χ0n) is 9.49. The van der Waals surface area contributed by atoms with E-state index in [1.807, 2.05) is 0 Å². The quantitative estimate of drug-likeness (QED) is 0.731. The topological polar surface area (TPSA) is 78.6 Å². The van der Waals surface area contributed by atoms with Crippen molar-refractivity contribution in [2.45, 2.75) is 12.5 Å². The number of halogens is 2. The van der Waals surface area contributed by atoms with Crippen molar-refractivity contribution in [1.29, 1.82) is 0 Å². The number of rotatable bonds is 2. The number of benzene rings is 1. The van der Waals surface area contributed by atoms with Gasteiger partial charge in [0.15, 0.2) is 0 Å². The van der Waals surface area contributed by atoms with Crippen LogP contribution in [0.3, 0.4) is 0 Å². The van der Waals surface area contributed by atoms with Crippen LogP contribution in [0.1, 0.15) is 6.42 Å². The predicted octanol–water partition coefficient (Wildman–Crippen LogP) is 2.33. The van der Waals surface area contributed by atoms with E-state index in [1.54, 1.807) is 6.07 Å². The van der Waals surface area contributed by atoms with Crippen LogP contribution in [-0.2, 0) is 0 Å². The van der Waals surface area contributed by atoms with Gasteiger partial charge in [0.05, 0.1) is 15.8 Å². The molecule has 1 saturated heterocycles. The second-order valence-corrected chi connectivity index (χ2v) is 5.07. The predicted molar refractivity (Wildman–Crippen MR) is 70.1 cm³/mol. The minimum Gasteiger partial charge on any atom is -0.465 e. The van der Waals surface area contributed by atoms with E-state index in [9.17, 15) is 9.18 Å². The lowest BCUT2D eigenvalue weighted by Gasteiger charge is -2.17. The third-order valence-electron chi connectivity index (χ3n) is 2.91. The summed E-state index contributed by atoms with van der Waals surface area (Å²) >= 11 is 3.09. The summed E-state index contributed by atoms with van der Waals surface area (Å²) in [5.41, 5.74) is 6.63. The molecule has 0 aliphatic carbocycles. The fourth-order valence-corrected chi connectivity index (χ4v) is 2.30. The number of nitrogen functional groups attached to an aromatic ring is 1. The monoisotopic (exact) mass is 317 g/mol. The number of carboxylic acid groups (broad SMARTS) is 1. The van der Waals surface area contributed by atoms with Gasteiger partial charge in [-0.05, 0) is 28.4 Å². The summed E-state index contributed by atoms with van der Waals surface area (Å²) in [6, 6.07) is 2.80. The largest absolute Gasteiger partial charge is 0.465 e. The molecule has 1 aliphatic rings. The van der Waals surface area contributed by atoms with Crippen molar-refractivity contribution in [2.24, 2.45) is 0 Å². The molecule has 1 aromatic carbocycles. The molecule has 1 atom stereocenters. The lowest BCUT2D eigenvalue weighted by Crippen LogP contribution is -2.30. The van der Waals surface area contributed by atoms with Gasteiger partial charge in [0.2, 0.25) is 0 Å². The standard InChI is InChI=1S/C11H13BrFN3O2/c12-7-3-10(9(14)4-8(7)13)15-6-1-2-16(5-6)11(17)18/h3-4,6,15H,1-2,5,14H2,(H,17,18)/t6-/m1/s1. The highest BCUT2D eigenvalue weighted by molar-refractivity contribution is 9.10. The Morgan fingerprint density at radius 3 is 2.94 bits per heavy atom. The van der Waals surface area contributed by atoms with Crippen LogP contribution in [-0.4, -0.2) is 35.2 Å². The Morgan fingerprint density at radius 2 is 2.33 bits per heavy atom. The molecule has 1 amide bonds. The van der Waals surface area contributed by atoms with E-state index in [4.69, 9.17) is 10.8 Å². The molecule has 0 unspecified atom stereocenters. The lowest BCUT2D eigenvalue weighted by molar-refractivity contribution is 0.155. The Morgan fingerprint density at radius 1 is 1.61 bits per heavy atom. The molecule has 0 saturated carbocycles. The molecule has 0 spiro atoms. The average molecular weight is 318 g/mol. The highest BCUT2D eigenvalue weighted by Gasteiger charge is 2.26. The summed E-state index contributed by atoms with van der Waals surface area (Å²) in [6.45, 7) is 0.902. The highest BCUT2D eigenvalue weighted by atomic mass is 79.9. The van der Waals surface area contributed by atoms with Crippen LogP contribution in [0, 0.1) is 5.82 Å². The van der Waals surface area contributed by atoms with Gasteiger partial charge in [-0.1, -0.05) is 0 Å². The number of hydrogen-bond donors (Lipinski definition) is 3. The van der Waals surface area contributed by atoms with Gasteiger partial charge >= 0.3 is 6.09 Å². The Hall–Kier alpha value is -1.50. The third kappa shape index (κ3) is 2.66. The van der Waals surface area contributed by atoms with E-state index in [2.05, 4.69) is 21.2 Å². The number of nitrogens with zero attached hydrogens (tertiary/aromatic N) is 1. The molecule has 0 radical (unpaired) electrons. The number of hydrogen-bond acceptors (Lipinski definition) is 3. The zero-order chi connectivity index (χ0) is 13.3. The minimum atomic E-state index is -0.924. The number of nitrogens with one attached hydrogen (secondary N) is 1. The molecule has 2 rings (SSSR count). The van der Waals surface area contributed by atoms with Crippen molar-refractivity contribution in [1.82, 2.24) is 4.90 Å². The number of likely N-dealkylation sites (tertiary alicyclic amines) is 1. The van der Waals surface area contributed by atoms with Crippen LogP contribution >= 0.6 is 15.9 Å². The SMILES string of the molecule is Nc1cc(F)c(Br)cc1N[C@@H]1CCN(C(=O)O)C1. The maximum atomic E-state index is 13.2. The summed E-state index contributed by atoms with van der Waals surface area (Å²) < 4.78 is 13.5. The van der Waals surface area contributed by atoms with Crippen molar-refractivity contribution in [3.8, 4) is 0 Å². The summed E-state index contributed by atoms with van der Waals surface area (Å²) in [6.07, 6.45) is -0.214. The van der Waals surface area contributed by atoms with Crippen LogP contribution in [0.25, 0.3) is 0 Å². The Kier molecular flexibility index (Phi) is 3.60. The molecule has 1 heterocycles. The van der Waals surface area contributed by atoms with Crippen molar-refractivity contribution in [2.75, 3.05) is 24.1 Å². The Balaban J connectivity index is 2.07. The summed E-state index contributed by atoms with van der Waals surface area (Å²) in [5, 5.41) is 12.0. The molecule has 0 bridgehead atoms. The summed E-state index contributed by atoms with van der Waals surface area (Å²) in [5.74, 6) is -0.420. The van der Waals surface area contributed by atoms with Gasteiger partial charge in [0.1, 0.15) is 5.82 Å². The van der Waals surface area contributed by atoms with E-state index < -0.39 is 11.9 Å². The highest BCUT2D eigenvalue weighted by Crippen LogP contribution is 2.28. The molecule has 98 valence electrons. The number of amides is 1. The Bertz CT molecular complexity index is 484.